The topological polar surface area (TPSA) is 141 Å². The summed E-state index contributed by atoms with van der Waals surface area (Å²) in [7, 11) is 1.22. The highest BCUT2D eigenvalue weighted by Crippen LogP contribution is 2.41. The van der Waals surface area contributed by atoms with Crippen LogP contribution in [0, 0.1) is 17.5 Å². The second-order valence-corrected chi connectivity index (χ2v) is 10.4. The van der Waals surface area contributed by atoms with Gasteiger partial charge in [-0.05, 0) is 30.7 Å². The van der Waals surface area contributed by atoms with Crippen LogP contribution in [-0.2, 0) is 16.1 Å². The van der Waals surface area contributed by atoms with Crippen molar-refractivity contribution < 1.29 is 36.3 Å². The molecule has 3 heterocycles. The number of likely N-dealkylation sites (tertiary alicyclic amines) is 1. The summed E-state index contributed by atoms with van der Waals surface area (Å²) < 4.78 is 74.8. The predicted octanol–water partition coefficient (Wildman–Crippen LogP) is 4.33. The fraction of sp³-hybridized carbons (Fsp3) is 0.231. The Morgan fingerprint density at radius 1 is 1.24 bits per heavy atom. The third-order valence-electron chi connectivity index (χ3n) is 6.66. The minimum atomic E-state index is -2.93. The molecule has 1 saturated heterocycles. The maximum absolute atomic E-state index is 16.0. The number of amides is 2. The van der Waals surface area contributed by atoms with Gasteiger partial charge in [0, 0.05) is 43.2 Å². The Labute approximate surface area is 244 Å². The van der Waals surface area contributed by atoms with E-state index in [9.17, 15) is 18.4 Å². The van der Waals surface area contributed by atoms with Gasteiger partial charge in [-0.3, -0.25) is 19.2 Å². The summed E-state index contributed by atoms with van der Waals surface area (Å²) in [5.74, 6) is -4.47. The standard InChI is InChI=1S/C26H22ClF3N6O5S/c1-41-26-18(11-13(27)12-32-26)36(42(39)40)17-7-6-16(28)20(22(17)30)14-4-5-15-23(21(14)29)33-34-24(15)25(38)31-8-10-35-9-2-3-19(35)37/h4-7,11-12H,2-3,8-10H2,1H3,(H,31,38)(H,33,34)(H,39,40). The van der Waals surface area contributed by atoms with Gasteiger partial charge in [0.2, 0.25) is 11.8 Å². The first-order valence-electron chi connectivity index (χ1n) is 12.4. The molecule has 0 saturated carbocycles. The van der Waals surface area contributed by atoms with Crippen molar-refractivity contribution >= 4 is 57.0 Å². The molecule has 11 nitrogen and oxygen atoms in total. The first-order valence-corrected chi connectivity index (χ1v) is 13.9. The average molecular weight is 623 g/mol. The Morgan fingerprint density at radius 3 is 2.71 bits per heavy atom. The number of nitrogens with one attached hydrogen (secondary N) is 2. The van der Waals surface area contributed by atoms with Crippen LogP contribution in [0.4, 0.5) is 24.5 Å². The maximum atomic E-state index is 16.0. The normalized spacial score (nSPS) is 14.0. The van der Waals surface area contributed by atoms with Crippen LogP contribution in [0.1, 0.15) is 23.3 Å². The van der Waals surface area contributed by atoms with Crippen molar-refractivity contribution in [3.63, 3.8) is 0 Å². The fourth-order valence-corrected chi connectivity index (χ4v) is 5.47. The van der Waals surface area contributed by atoms with E-state index >= 15 is 13.2 Å². The molecule has 16 heteroatoms. The lowest BCUT2D eigenvalue weighted by molar-refractivity contribution is -0.127. The van der Waals surface area contributed by atoms with Crippen LogP contribution in [0.3, 0.4) is 0 Å². The highest BCUT2D eigenvalue weighted by Gasteiger charge is 2.29. The molecule has 2 amide bonds. The van der Waals surface area contributed by atoms with Crippen LogP contribution in [0.5, 0.6) is 5.88 Å². The third kappa shape index (κ3) is 5.37. The van der Waals surface area contributed by atoms with Gasteiger partial charge in [0.25, 0.3) is 17.2 Å². The lowest BCUT2D eigenvalue weighted by Crippen LogP contribution is -2.35. The van der Waals surface area contributed by atoms with Gasteiger partial charge in [-0.1, -0.05) is 17.7 Å². The number of H-pyrrole nitrogens is 1. The van der Waals surface area contributed by atoms with Gasteiger partial charge in [0.15, 0.2) is 11.6 Å². The molecule has 0 aliphatic carbocycles. The summed E-state index contributed by atoms with van der Waals surface area (Å²) in [6.45, 7) is 1.08. The number of fused-ring (bicyclic) bond motifs is 1. The van der Waals surface area contributed by atoms with Gasteiger partial charge in [-0.15, -0.1) is 0 Å². The Bertz CT molecular complexity index is 1740. The number of carbonyl (C=O) groups excluding carboxylic acids is 2. The Balaban J connectivity index is 1.50. The number of ether oxygens (including phenoxy) is 1. The third-order valence-corrected chi connectivity index (χ3v) is 7.57. The van der Waals surface area contributed by atoms with E-state index in [0.29, 0.717) is 23.8 Å². The maximum Gasteiger partial charge on any atom is 0.270 e. The summed E-state index contributed by atoms with van der Waals surface area (Å²) >= 11 is 3.06. The van der Waals surface area contributed by atoms with Crippen LogP contribution in [-0.4, -0.2) is 67.4 Å². The number of carbonyl (C=O) groups is 2. The molecule has 2 aromatic carbocycles. The number of rotatable bonds is 9. The minimum Gasteiger partial charge on any atom is -0.479 e. The number of benzene rings is 2. The van der Waals surface area contributed by atoms with E-state index in [0.717, 1.165) is 24.6 Å². The summed E-state index contributed by atoms with van der Waals surface area (Å²) in [5.41, 5.74) is -2.66. The van der Waals surface area contributed by atoms with Gasteiger partial charge in [0.1, 0.15) is 22.7 Å². The molecule has 5 rings (SSSR count). The van der Waals surface area contributed by atoms with Gasteiger partial charge in [-0.25, -0.2) is 26.7 Å². The van der Waals surface area contributed by atoms with Crippen molar-refractivity contribution in [3.8, 4) is 17.0 Å². The van der Waals surface area contributed by atoms with Crippen LogP contribution in [0.25, 0.3) is 22.0 Å². The molecule has 1 atom stereocenters. The molecular weight excluding hydrogens is 601 g/mol. The smallest absolute Gasteiger partial charge is 0.270 e. The van der Waals surface area contributed by atoms with E-state index < -0.39 is 51.4 Å². The average Bonchev–Trinajstić information content (AvgIpc) is 3.58. The van der Waals surface area contributed by atoms with E-state index in [4.69, 9.17) is 16.3 Å². The van der Waals surface area contributed by atoms with Crippen LogP contribution in [0.2, 0.25) is 5.02 Å². The molecule has 1 unspecified atom stereocenters. The second kappa shape index (κ2) is 12.0. The number of aromatic amines is 1. The molecule has 1 aliphatic rings. The number of pyridine rings is 1. The zero-order valence-corrected chi connectivity index (χ0v) is 23.4. The van der Waals surface area contributed by atoms with Crippen LogP contribution < -0.4 is 14.4 Å². The molecule has 2 aromatic heterocycles. The molecule has 220 valence electrons. The second-order valence-electron chi connectivity index (χ2n) is 9.12. The molecule has 4 aromatic rings. The number of nitrogens with zero attached hydrogens (tertiary/aromatic N) is 4. The molecule has 3 N–H and O–H groups in total. The summed E-state index contributed by atoms with van der Waals surface area (Å²) in [6, 6.07) is 5.23. The summed E-state index contributed by atoms with van der Waals surface area (Å²) in [4.78, 5) is 30.0. The first-order chi connectivity index (χ1) is 20.1. The molecule has 1 fully saturated rings. The van der Waals surface area contributed by atoms with Gasteiger partial charge >= 0.3 is 0 Å². The molecule has 0 radical (unpaired) electrons. The Hall–Kier alpha value is -4.21. The van der Waals surface area contributed by atoms with Crippen LogP contribution in [0.15, 0.2) is 36.5 Å². The zero-order valence-electron chi connectivity index (χ0n) is 21.8. The number of methoxy groups -OCH3 is 1. The van der Waals surface area contributed by atoms with E-state index in [1.807, 2.05) is 0 Å². The monoisotopic (exact) mass is 622 g/mol. The Kier molecular flexibility index (Phi) is 8.34. The highest BCUT2D eigenvalue weighted by atomic mass is 35.5. The lowest BCUT2D eigenvalue weighted by atomic mass is 10.0. The summed E-state index contributed by atoms with van der Waals surface area (Å²) in [6.07, 6.45) is 2.42. The highest BCUT2D eigenvalue weighted by molar-refractivity contribution is 7.81. The largest absolute Gasteiger partial charge is 0.479 e. The van der Waals surface area contributed by atoms with Crippen molar-refractivity contribution in [3.05, 3.63) is 64.7 Å². The molecule has 42 heavy (non-hydrogen) atoms. The number of anilines is 2. The van der Waals surface area contributed by atoms with E-state index in [-0.39, 0.29) is 45.6 Å². The van der Waals surface area contributed by atoms with Crippen molar-refractivity contribution in [2.75, 3.05) is 31.0 Å². The van der Waals surface area contributed by atoms with Gasteiger partial charge in [-0.2, -0.15) is 5.10 Å². The van der Waals surface area contributed by atoms with Crippen molar-refractivity contribution in [1.29, 1.82) is 0 Å². The predicted molar refractivity (Wildman–Crippen MR) is 148 cm³/mol. The fourth-order valence-electron chi connectivity index (χ4n) is 4.71. The number of halogens is 4. The molecule has 0 spiro atoms. The van der Waals surface area contributed by atoms with Crippen LogP contribution >= 0.6 is 11.6 Å². The van der Waals surface area contributed by atoms with Gasteiger partial charge < -0.3 is 15.0 Å². The van der Waals surface area contributed by atoms with E-state index in [1.165, 1.54) is 25.4 Å². The van der Waals surface area contributed by atoms with Crippen molar-refractivity contribution in [2.24, 2.45) is 0 Å². The van der Waals surface area contributed by atoms with Gasteiger partial charge in [0.05, 0.1) is 23.4 Å². The molecule has 1 aliphatic heterocycles. The van der Waals surface area contributed by atoms with Crippen molar-refractivity contribution in [1.82, 2.24) is 25.4 Å². The quantitative estimate of drug-likeness (QED) is 0.236. The Morgan fingerprint density at radius 2 is 2.02 bits per heavy atom. The number of hydrogen-bond acceptors (Lipinski definition) is 6. The number of hydrogen-bond donors (Lipinski definition) is 3. The lowest BCUT2D eigenvalue weighted by Gasteiger charge is -2.23. The summed E-state index contributed by atoms with van der Waals surface area (Å²) in [5, 5.41) is 9.01. The number of aromatic nitrogens is 3. The zero-order chi connectivity index (χ0) is 30.1. The molecule has 0 bridgehead atoms. The first kappa shape index (κ1) is 29.3. The molecular formula is C26H22ClF3N6O5S. The SMILES string of the molecule is COc1ncc(Cl)cc1N(c1ccc(F)c(-c2ccc3c(C(=O)NCCN4CCCC4=O)[nH]nc3c2F)c1F)S(=O)O. The van der Waals surface area contributed by atoms with E-state index in [2.05, 4.69) is 20.5 Å². The van der Waals surface area contributed by atoms with E-state index in [1.54, 1.807) is 4.90 Å². The van der Waals surface area contributed by atoms with Crippen molar-refractivity contribution in [2.45, 2.75) is 12.8 Å². The minimum absolute atomic E-state index is 0.00564.